The van der Waals surface area contributed by atoms with Gasteiger partial charge in [0.05, 0.1) is 17.1 Å². The lowest BCUT2D eigenvalue weighted by molar-refractivity contribution is 0.00945. The quantitative estimate of drug-likeness (QED) is 0.703. The van der Waals surface area contributed by atoms with Gasteiger partial charge in [0.15, 0.2) is 9.84 Å². The topological polar surface area (TPSA) is 43.4 Å². The molecule has 0 aliphatic carbocycles. The summed E-state index contributed by atoms with van der Waals surface area (Å²) < 4.78 is 28.3. The van der Waals surface area contributed by atoms with Gasteiger partial charge >= 0.3 is 0 Å². The molecule has 0 radical (unpaired) electrons. The zero-order valence-electron chi connectivity index (χ0n) is 10.9. The smallest absolute Gasteiger partial charge is 0.150 e. The molecule has 1 heterocycles. The van der Waals surface area contributed by atoms with Crippen molar-refractivity contribution in [2.45, 2.75) is 38.7 Å². The number of sulfone groups is 1. The Morgan fingerprint density at radius 1 is 1.47 bits per heavy atom. The molecule has 2 unspecified atom stereocenters. The normalized spacial score (nSPS) is 26.0. The van der Waals surface area contributed by atoms with Crippen molar-refractivity contribution >= 4 is 21.4 Å². The van der Waals surface area contributed by atoms with Crippen LogP contribution in [-0.2, 0) is 14.6 Å². The molecule has 1 aliphatic heterocycles. The number of hydrogen-bond acceptors (Lipinski definition) is 3. The van der Waals surface area contributed by atoms with Crippen molar-refractivity contribution in [2.75, 3.05) is 24.5 Å². The molecular formula is C12H23ClO3S. The molecule has 3 nitrogen and oxygen atoms in total. The molecule has 0 aromatic rings. The summed E-state index contributed by atoms with van der Waals surface area (Å²) in [5.74, 6) is 1.73. The Hall–Kier alpha value is 0.200. The zero-order valence-corrected chi connectivity index (χ0v) is 12.5. The summed E-state index contributed by atoms with van der Waals surface area (Å²) in [5.41, 5.74) is -0.151. The molecule has 1 saturated heterocycles. The molecule has 1 rings (SSSR count). The van der Waals surface area contributed by atoms with Gasteiger partial charge in [0.2, 0.25) is 0 Å². The van der Waals surface area contributed by atoms with E-state index in [1.807, 2.05) is 13.8 Å². The lowest BCUT2D eigenvalue weighted by Gasteiger charge is -2.27. The van der Waals surface area contributed by atoms with E-state index in [2.05, 4.69) is 0 Å². The largest absolute Gasteiger partial charge is 0.379 e. The van der Waals surface area contributed by atoms with Gasteiger partial charge in [0.1, 0.15) is 0 Å². The Morgan fingerprint density at radius 3 is 2.53 bits per heavy atom. The first-order valence-corrected chi connectivity index (χ1v) is 8.47. The van der Waals surface area contributed by atoms with Crippen molar-refractivity contribution in [2.24, 2.45) is 11.8 Å². The van der Waals surface area contributed by atoms with Crippen LogP contribution in [-0.4, -0.2) is 38.5 Å². The van der Waals surface area contributed by atoms with Crippen molar-refractivity contribution in [1.29, 1.82) is 0 Å². The number of alkyl halides is 1. The summed E-state index contributed by atoms with van der Waals surface area (Å²) in [4.78, 5) is 0. The van der Waals surface area contributed by atoms with Gasteiger partial charge in [-0.05, 0) is 44.9 Å². The predicted octanol–water partition coefficient (Wildman–Crippen LogP) is 2.48. The molecule has 0 aromatic heterocycles. The summed E-state index contributed by atoms with van der Waals surface area (Å²) in [5, 5.41) is 0. The van der Waals surface area contributed by atoms with E-state index in [9.17, 15) is 8.42 Å². The van der Waals surface area contributed by atoms with Crippen LogP contribution in [0.3, 0.4) is 0 Å². The molecule has 1 fully saturated rings. The molecule has 0 amide bonds. The number of rotatable bonds is 6. The highest BCUT2D eigenvalue weighted by Crippen LogP contribution is 2.32. The second-order valence-corrected chi connectivity index (χ2v) is 8.12. The van der Waals surface area contributed by atoms with E-state index >= 15 is 0 Å². The minimum Gasteiger partial charge on any atom is -0.379 e. The molecular weight excluding hydrogens is 260 g/mol. The van der Waals surface area contributed by atoms with Crippen LogP contribution >= 0.6 is 11.6 Å². The third-order valence-corrected chi connectivity index (χ3v) is 5.99. The lowest BCUT2D eigenvalue weighted by atomic mass is 9.86. The summed E-state index contributed by atoms with van der Waals surface area (Å²) >= 11 is 5.98. The van der Waals surface area contributed by atoms with E-state index in [0.717, 1.165) is 19.3 Å². The lowest BCUT2D eigenvalue weighted by Crippen LogP contribution is -2.26. The summed E-state index contributed by atoms with van der Waals surface area (Å²) in [6.07, 6.45) is 2.62. The molecule has 0 saturated carbocycles. The van der Waals surface area contributed by atoms with Gasteiger partial charge in [0, 0.05) is 13.0 Å². The van der Waals surface area contributed by atoms with E-state index in [0.29, 0.717) is 23.3 Å². The van der Waals surface area contributed by atoms with Gasteiger partial charge in [0.25, 0.3) is 0 Å². The first kappa shape index (κ1) is 15.3. The zero-order chi connectivity index (χ0) is 13.1. The Labute approximate surface area is 110 Å². The van der Waals surface area contributed by atoms with E-state index in [4.69, 9.17) is 16.3 Å². The van der Waals surface area contributed by atoms with Crippen molar-refractivity contribution < 1.29 is 13.2 Å². The highest BCUT2D eigenvalue weighted by molar-refractivity contribution is 7.91. The fraction of sp³-hybridized carbons (Fsp3) is 1.00. The highest BCUT2D eigenvalue weighted by atomic mass is 35.5. The van der Waals surface area contributed by atoms with Crippen LogP contribution in [0.1, 0.15) is 33.1 Å². The van der Waals surface area contributed by atoms with Gasteiger partial charge < -0.3 is 4.74 Å². The van der Waals surface area contributed by atoms with Crippen LogP contribution in [0.5, 0.6) is 0 Å². The molecule has 5 heteroatoms. The molecule has 0 aromatic carbocycles. The standard InChI is InChI=1S/C12H23ClO3S/c1-12(2,16-3)6-4-10(8-13)11-5-7-17(14,15)9-11/h10-11H,4-9H2,1-3H3. The Kier molecular flexibility index (Phi) is 5.29. The Bertz CT molecular complexity index is 338. The Morgan fingerprint density at radius 2 is 2.12 bits per heavy atom. The monoisotopic (exact) mass is 282 g/mol. The highest BCUT2D eigenvalue weighted by Gasteiger charge is 2.33. The predicted molar refractivity (Wildman–Crippen MR) is 71.3 cm³/mol. The van der Waals surface area contributed by atoms with Crippen LogP contribution < -0.4 is 0 Å². The first-order valence-electron chi connectivity index (χ1n) is 6.11. The molecule has 2 atom stereocenters. The fourth-order valence-electron chi connectivity index (χ4n) is 2.27. The van der Waals surface area contributed by atoms with Gasteiger partial charge in [-0.2, -0.15) is 0 Å². The third-order valence-electron chi connectivity index (χ3n) is 3.80. The molecule has 0 spiro atoms. The maximum atomic E-state index is 11.5. The third kappa shape index (κ3) is 4.76. The van der Waals surface area contributed by atoms with E-state index in [1.54, 1.807) is 7.11 Å². The second-order valence-electron chi connectivity index (χ2n) is 5.58. The molecule has 17 heavy (non-hydrogen) atoms. The van der Waals surface area contributed by atoms with E-state index < -0.39 is 9.84 Å². The Balaban J connectivity index is 2.50. The average Bonchev–Trinajstić information content (AvgIpc) is 2.60. The van der Waals surface area contributed by atoms with Crippen molar-refractivity contribution in [1.82, 2.24) is 0 Å². The maximum absolute atomic E-state index is 11.5. The van der Waals surface area contributed by atoms with Gasteiger partial charge in [-0.1, -0.05) is 0 Å². The summed E-state index contributed by atoms with van der Waals surface area (Å²) in [6, 6.07) is 0. The first-order chi connectivity index (χ1) is 7.79. The molecule has 102 valence electrons. The minimum atomic E-state index is -2.80. The van der Waals surface area contributed by atoms with Crippen LogP contribution in [0.4, 0.5) is 0 Å². The van der Waals surface area contributed by atoms with Crippen LogP contribution in [0, 0.1) is 11.8 Å². The number of methoxy groups -OCH3 is 1. The van der Waals surface area contributed by atoms with E-state index in [-0.39, 0.29) is 11.5 Å². The van der Waals surface area contributed by atoms with Gasteiger partial charge in [-0.3, -0.25) is 0 Å². The molecule has 0 bridgehead atoms. The minimum absolute atomic E-state index is 0.151. The van der Waals surface area contributed by atoms with Crippen molar-refractivity contribution in [3.8, 4) is 0 Å². The number of halogens is 1. The van der Waals surface area contributed by atoms with Crippen LogP contribution in [0.15, 0.2) is 0 Å². The van der Waals surface area contributed by atoms with Gasteiger partial charge in [-0.25, -0.2) is 8.42 Å². The summed E-state index contributed by atoms with van der Waals surface area (Å²) in [6.45, 7) is 4.09. The second kappa shape index (κ2) is 5.89. The molecule has 1 aliphatic rings. The van der Waals surface area contributed by atoms with Crippen LogP contribution in [0.2, 0.25) is 0 Å². The van der Waals surface area contributed by atoms with Crippen molar-refractivity contribution in [3.05, 3.63) is 0 Å². The van der Waals surface area contributed by atoms with Crippen LogP contribution in [0.25, 0.3) is 0 Å². The van der Waals surface area contributed by atoms with Gasteiger partial charge in [-0.15, -0.1) is 11.6 Å². The number of hydrogen-bond donors (Lipinski definition) is 0. The van der Waals surface area contributed by atoms with E-state index in [1.165, 1.54) is 0 Å². The maximum Gasteiger partial charge on any atom is 0.150 e. The average molecular weight is 283 g/mol. The fourth-order valence-corrected chi connectivity index (χ4v) is 4.60. The summed E-state index contributed by atoms with van der Waals surface area (Å²) in [7, 11) is -1.10. The van der Waals surface area contributed by atoms with Crippen molar-refractivity contribution in [3.63, 3.8) is 0 Å². The number of ether oxygens (including phenoxy) is 1. The SMILES string of the molecule is COC(C)(C)CCC(CCl)C1CCS(=O)(=O)C1. The molecule has 0 N–H and O–H groups in total.